The summed E-state index contributed by atoms with van der Waals surface area (Å²) < 4.78 is 1.11. The predicted molar refractivity (Wildman–Crippen MR) is 79.2 cm³/mol. The quantitative estimate of drug-likeness (QED) is 0.844. The van der Waals surface area contributed by atoms with Crippen LogP contribution in [0, 0.1) is 16.7 Å². The van der Waals surface area contributed by atoms with Gasteiger partial charge in [0.2, 0.25) is 0 Å². The van der Waals surface area contributed by atoms with Crippen molar-refractivity contribution < 1.29 is 0 Å². The summed E-state index contributed by atoms with van der Waals surface area (Å²) in [5.74, 6) is 0. The molecule has 0 fully saturated rings. The number of benzene rings is 1. The van der Waals surface area contributed by atoms with Gasteiger partial charge in [0.25, 0.3) is 0 Å². The molecular weight excluding hydrogens is 288 g/mol. The number of nitrogens with one attached hydrogen (secondary N) is 1. The zero-order valence-corrected chi connectivity index (χ0v) is 12.9. The van der Waals surface area contributed by atoms with E-state index < -0.39 is 0 Å². The Bertz CT molecular complexity index is 421. The molecule has 0 saturated carbocycles. The van der Waals surface area contributed by atoms with Gasteiger partial charge in [-0.1, -0.05) is 41.9 Å². The second-order valence-electron chi connectivity index (χ2n) is 5.48. The zero-order valence-electron chi connectivity index (χ0n) is 11.3. The van der Waals surface area contributed by atoms with Gasteiger partial charge in [-0.3, -0.25) is 0 Å². The minimum Gasteiger partial charge on any atom is -0.310 e. The number of nitriles is 1. The second kappa shape index (κ2) is 6.92. The highest BCUT2D eigenvalue weighted by Crippen LogP contribution is 2.23. The Kier molecular flexibility index (Phi) is 5.84. The maximum absolute atomic E-state index is 8.64. The molecule has 1 aromatic carbocycles. The molecule has 0 saturated heterocycles. The third-order valence-electron chi connectivity index (χ3n) is 3.15. The SMILES string of the molecule is C[C@H](NCC(C)(C)CCC#N)c1cccc(Br)c1. The highest BCUT2D eigenvalue weighted by Gasteiger charge is 2.18. The van der Waals surface area contributed by atoms with Crippen molar-refractivity contribution in [1.82, 2.24) is 5.32 Å². The average molecular weight is 309 g/mol. The predicted octanol–water partition coefficient (Wildman–Crippen LogP) is 4.43. The minimum absolute atomic E-state index is 0.163. The Morgan fingerprint density at radius 2 is 2.17 bits per heavy atom. The summed E-state index contributed by atoms with van der Waals surface area (Å²) >= 11 is 3.49. The number of nitrogens with zero attached hydrogens (tertiary/aromatic N) is 1. The van der Waals surface area contributed by atoms with E-state index in [1.165, 1.54) is 5.56 Å². The van der Waals surface area contributed by atoms with E-state index in [2.05, 4.69) is 66.3 Å². The summed E-state index contributed by atoms with van der Waals surface area (Å²) in [7, 11) is 0. The van der Waals surface area contributed by atoms with E-state index in [0.717, 1.165) is 17.4 Å². The van der Waals surface area contributed by atoms with E-state index in [1.54, 1.807) is 0 Å². The van der Waals surface area contributed by atoms with Crippen molar-refractivity contribution in [1.29, 1.82) is 5.26 Å². The van der Waals surface area contributed by atoms with Gasteiger partial charge in [-0.2, -0.15) is 5.26 Å². The third-order valence-corrected chi connectivity index (χ3v) is 3.64. The van der Waals surface area contributed by atoms with Crippen LogP contribution in [0.5, 0.6) is 0 Å². The van der Waals surface area contributed by atoms with E-state index in [1.807, 2.05) is 6.07 Å². The van der Waals surface area contributed by atoms with Crippen LogP contribution in [0.3, 0.4) is 0 Å². The Labute approximate surface area is 119 Å². The molecule has 0 bridgehead atoms. The van der Waals surface area contributed by atoms with Crippen molar-refractivity contribution in [2.24, 2.45) is 5.41 Å². The van der Waals surface area contributed by atoms with Crippen molar-refractivity contribution in [3.8, 4) is 6.07 Å². The molecule has 18 heavy (non-hydrogen) atoms. The van der Waals surface area contributed by atoms with Crippen LogP contribution in [-0.4, -0.2) is 6.54 Å². The summed E-state index contributed by atoms with van der Waals surface area (Å²) in [5, 5.41) is 12.2. The third kappa shape index (κ3) is 5.20. The van der Waals surface area contributed by atoms with Crippen LogP contribution in [0.15, 0.2) is 28.7 Å². The summed E-state index contributed by atoms with van der Waals surface area (Å²) in [4.78, 5) is 0. The standard InChI is InChI=1S/C15H21BrN2/c1-12(13-6-4-7-14(16)10-13)18-11-15(2,3)8-5-9-17/h4,6-7,10,12,18H,5,8,11H2,1-3H3/t12-/m0/s1. The van der Waals surface area contributed by atoms with E-state index >= 15 is 0 Å². The fourth-order valence-electron chi connectivity index (χ4n) is 1.81. The smallest absolute Gasteiger partial charge is 0.0621 e. The summed E-state index contributed by atoms with van der Waals surface area (Å²) in [6, 6.07) is 10.9. The van der Waals surface area contributed by atoms with Crippen molar-refractivity contribution in [3.63, 3.8) is 0 Å². The number of hydrogen-bond acceptors (Lipinski definition) is 2. The largest absolute Gasteiger partial charge is 0.310 e. The molecule has 0 aliphatic heterocycles. The van der Waals surface area contributed by atoms with Gasteiger partial charge in [0.05, 0.1) is 6.07 Å². The average Bonchev–Trinajstić information content (AvgIpc) is 2.34. The Morgan fingerprint density at radius 3 is 2.78 bits per heavy atom. The van der Waals surface area contributed by atoms with Crippen LogP contribution in [-0.2, 0) is 0 Å². The molecule has 1 atom stereocenters. The molecule has 1 N–H and O–H groups in total. The molecule has 0 amide bonds. The van der Waals surface area contributed by atoms with Gasteiger partial charge in [-0.25, -0.2) is 0 Å². The lowest BCUT2D eigenvalue weighted by Crippen LogP contribution is -2.31. The number of halogens is 1. The van der Waals surface area contributed by atoms with Gasteiger partial charge in [0.15, 0.2) is 0 Å². The molecule has 0 spiro atoms. The highest BCUT2D eigenvalue weighted by atomic mass is 79.9. The van der Waals surface area contributed by atoms with Crippen LogP contribution in [0.4, 0.5) is 0 Å². The minimum atomic E-state index is 0.163. The van der Waals surface area contributed by atoms with E-state index in [4.69, 9.17) is 5.26 Å². The lowest BCUT2D eigenvalue weighted by atomic mass is 9.87. The normalized spacial score (nSPS) is 13.1. The van der Waals surface area contributed by atoms with Crippen molar-refractivity contribution in [2.75, 3.05) is 6.54 Å². The van der Waals surface area contributed by atoms with Crippen LogP contribution in [0.25, 0.3) is 0 Å². The Hall–Kier alpha value is -0.850. The van der Waals surface area contributed by atoms with Crippen LogP contribution in [0.2, 0.25) is 0 Å². The molecule has 0 radical (unpaired) electrons. The van der Waals surface area contributed by atoms with Gasteiger partial charge in [-0.15, -0.1) is 0 Å². The molecule has 2 nitrogen and oxygen atoms in total. The lowest BCUT2D eigenvalue weighted by molar-refractivity contribution is 0.305. The van der Waals surface area contributed by atoms with Gasteiger partial charge in [0.1, 0.15) is 0 Å². The van der Waals surface area contributed by atoms with E-state index in [9.17, 15) is 0 Å². The molecule has 3 heteroatoms. The summed E-state index contributed by atoms with van der Waals surface area (Å²) in [6.45, 7) is 7.49. The lowest BCUT2D eigenvalue weighted by Gasteiger charge is -2.26. The van der Waals surface area contributed by atoms with E-state index in [0.29, 0.717) is 12.5 Å². The van der Waals surface area contributed by atoms with Crippen LogP contribution < -0.4 is 5.32 Å². The molecule has 1 aromatic rings. The molecule has 0 unspecified atom stereocenters. The van der Waals surface area contributed by atoms with Crippen LogP contribution in [0.1, 0.15) is 45.2 Å². The molecule has 1 rings (SSSR count). The topological polar surface area (TPSA) is 35.8 Å². The van der Waals surface area contributed by atoms with Gasteiger partial charge >= 0.3 is 0 Å². The Morgan fingerprint density at radius 1 is 1.44 bits per heavy atom. The molecule has 98 valence electrons. The van der Waals surface area contributed by atoms with E-state index in [-0.39, 0.29) is 5.41 Å². The zero-order chi connectivity index (χ0) is 13.6. The number of rotatable bonds is 6. The Balaban J connectivity index is 2.51. The molecule has 0 aliphatic rings. The van der Waals surface area contributed by atoms with Crippen LogP contribution >= 0.6 is 15.9 Å². The van der Waals surface area contributed by atoms with Crippen molar-refractivity contribution >= 4 is 15.9 Å². The first-order valence-corrected chi connectivity index (χ1v) is 7.10. The second-order valence-corrected chi connectivity index (χ2v) is 6.40. The maximum atomic E-state index is 8.64. The van der Waals surface area contributed by atoms with Gasteiger partial charge in [0, 0.05) is 23.5 Å². The first-order valence-electron chi connectivity index (χ1n) is 6.30. The first kappa shape index (κ1) is 15.2. The van der Waals surface area contributed by atoms with Crippen molar-refractivity contribution in [2.45, 2.75) is 39.7 Å². The molecule has 0 aromatic heterocycles. The maximum Gasteiger partial charge on any atom is 0.0621 e. The molecule has 0 aliphatic carbocycles. The van der Waals surface area contributed by atoms with Gasteiger partial charge < -0.3 is 5.32 Å². The van der Waals surface area contributed by atoms with Gasteiger partial charge in [-0.05, 0) is 36.5 Å². The highest BCUT2D eigenvalue weighted by molar-refractivity contribution is 9.10. The summed E-state index contributed by atoms with van der Waals surface area (Å²) in [6.07, 6.45) is 1.56. The number of hydrogen-bond donors (Lipinski definition) is 1. The fourth-order valence-corrected chi connectivity index (χ4v) is 2.22. The fraction of sp³-hybridized carbons (Fsp3) is 0.533. The molecule has 0 heterocycles. The summed E-state index contributed by atoms with van der Waals surface area (Å²) in [5.41, 5.74) is 1.44. The first-order chi connectivity index (χ1) is 8.44. The monoisotopic (exact) mass is 308 g/mol. The molecular formula is C15H21BrN2. The van der Waals surface area contributed by atoms with Crippen molar-refractivity contribution in [3.05, 3.63) is 34.3 Å².